The van der Waals surface area contributed by atoms with Crippen LogP contribution >= 0.6 is 0 Å². The number of ether oxygens (including phenoxy) is 1. The third kappa shape index (κ3) is 4.94. The van der Waals surface area contributed by atoms with Gasteiger partial charge in [-0.2, -0.15) is 0 Å². The van der Waals surface area contributed by atoms with Crippen LogP contribution in [-0.2, 0) is 11.3 Å². The highest BCUT2D eigenvalue weighted by Gasteiger charge is 2.21. The highest BCUT2D eigenvalue weighted by atomic mass is 16.5. The molecule has 2 aliphatic rings. The van der Waals surface area contributed by atoms with Gasteiger partial charge in [0, 0.05) is 56.5 Å². The zero-order chi connectivity index (χ0) is 23.7. The van der Waals surface area contributed by atoms with Gasteiger partial charge in [-0.1, -0.05) is 25.6 Å². The van der Waals surface area contributed by atoms with Gasteiger partial charge in [0.2, 0.25) is 0 Å². The molecular formula is C28H37N5O2. The van der Waals surface area contributed by atoms with E-state index < -0.39 is 0 Å². The van der Waals surface area contributed by atoms with Crippen molar-refractivity contribution in [1.29, 1.82) is 0 Å². The zero-order valence-electron chi connectivity index (χ0n) is 19.9. The Labute approximate surface area is 208 Å². The average molecular weight is 476 g/mol. The molecule has 0 spiro atoms. The summed E-state index contributed by atoms with van der Waals surface area (Å²) in [6.07, 6.45) is 2.75. The lowest BCUT2D eigenvalue weighted by molar-refractivity contribution is 0.234. The number of nitrogens with two attached hydrogens (primary N) is 1. The van der Waals surface area contributed by atoms with E-state index in [0.717, 1.165) is 62.6 Å². The number of benzene rings is 2. The third-order valence-corrected chi connectivity index (χ3v) is 7.01. The highest BCUT2D eigenvalue weighted by Crippen LogP contribution is 2.30. The number of anilines is 3. The molecular weight excluding hydrogens is 438 g/mol. The molecule has 7 heteroatoms. The Morgan fingerprint density at radius 3 is 2.37 bits per heavy atom. The molecule has 186 valence electrons. The number of hydrogen-bond acceptors (Lipinski definition) is 6. The van der Waals surface area contributed by atoms with E-state index in [1.54, 1.807) is 4.57 Å². The molecule has 1 aromatic heterocycles. The first-order valence-corrected chi connectivity index (χ1v) is 12.1. The van der Waals surface area contributed by atoms with Gasteiger partial charge >= 0.3 is 0 Å². The first-order valence-electron chi connectivity index (χ1n) is 12.1. The number of piperazine rings is 1. The van der Waals surface area contributed by atoms with E-state index in [1.165, 1.54) is 11.3 Å². The van der Waals surface area contributed by atoms with Crippen molar-refractivity contribution in [3.8, 4) is 0 Å². The van der Waals surface area contributed by atoms with Crippen LogP contribution in [-0.4, -0.2) is 55.3 Å². The number of nitrogen functional groups attached to an aromatic ring is 1. The standard InChI is InChI=1S/C27H33N5O2.CH4/c1-20-6-3-4-7-25(20)30-12-14-31(15-13-30)26-18-22-8-11-32(27(33)23(22)19-24(26)28)10-5-9-29-16-17-34-21(29)2;/h3-4,6-8,11,18-19H,2,5,9-10,12-17,28H2,1H3;1H4. The second-order valence-electron chi connectivity index (χ2n) is 9.16. The molecule has 0 unspecified atom stereocenters. The van der Waals surface area contributed by atoms with Crippen molar-refractivity contribution in [1.82, 2.24) is 9.47 Å². The topological polar surface area (TPSA) is 67.0 Å². The fraction of sp³-hybridized carbons (Fsp3) is 0.393. The average Bonchev–Trinajstić information content (AvgIpc) is 3.26. The number of aryl methyl sites for hydroxylation is 2. The van der Waals surface area contributed by atoms with E-state index >= 15 is 0 Å². The quantitative estimate of drug-likeness (QED) is 0.543. The van der Waals surface area contributed by atoms with Crippen LogP contribution in [0.2, 0.25) is 0 Å². The second-order valence-corrected chi connectivity index (χ2v) is 9.16. The van der Waals surface area contributed by atoms with Gasteiger partial charge in [-0.25, -0.2) is 0 Å². The van der Waals surface area contributed by atoms with Crippen LogP contribution in [0.1, 0.15) is 19.4 Å². The van der Waals surface area contributed by atoms with Gasteiger partial charge in [0.05, 0.1) is 17.9 Å². The molecule has 2 fully saturated rings. The van der Waals surface area contributed by atoms with Crippen molar-refractivity contribution in [2.45, 2.75) is 27.3 Å². The predicted octanol–water partition coefficient (Wildman–Crippen LogP) is 4.05. The summed E-state index contributed by atoms with van der Waals surface area (Å²) in [4.78, 5) is 20.0. The molecule has 0 atom stereocenters. The number of hydrogen-bond donors (Lipinski definition) is 1. The molecule has 0 saturated carbocycles. The maximum Gasteiger partial charge on any atom is 0.258 e. The summed E-state index contributed by atoms with van der Waals surface area (Å²) in [5, 5.41) is 1.62. The monoisotopic (exact) mass is 475 g/mol. The van der Waals surface area contributed by atoms with Crippen molar-refractivity contribution in [3.05, 3.63) is 77.0 Å². The Morgan fingerprint density at radius 1 is 0.971 bits per heavy atom. The fourth-order valence-corrected chi connectivity index (χ4v) is 5.05. The first-order chi connectivity index (χ1) is 16.5. The van der Waals surface area contributed by atoms with Crippen molar-refractivity contribution in [3.63, 3.8) is 0 Å². The van der Waals surface area contributed by atoms with Gasteiger partial charge in [0.25, 0.3) is 5.56 Å². The van der Waals surface area contributed by atoms with Gasteiger partial charge in [-0.3, -0.25) is 4.79 Å². The van der Waals surface area contributed by atoms with Crippen molar-refractivity contribution in [2.24, 2.45) is 0 Å². The normalized spacial score (nSPS) is 15.9. The lowest BCUT2D eigenvalue weighted by atomic mass is 10.1. The summed E-state index contributed by atoms with van der Waals surface area (Å²) in [6.45, 7) is 12.8. The molecule has 35 heavy (non-hydrogen) atoms. The first kappa shape index (κ1) is 24.5. The summed E-state index contributed by atoms with van der Waals surface area (Å²) in [5.74, 6) is 0.728. The van der Waals surface area contributed by atoms with E-state index in [9.17, 15) is 4.79 Å². The largest absolute Gasteiger partial charge is 0.478 e. The number of pyridine rings is 1. The molecule has 3 heterocycles. The summed E-state index contributed by atoms with van der Waals surface area (Å²) in [5.41, 5.74) is 10.8. The maximum absolute atomic E-state index is 13.1. The molecule has 3 aromatic rings. The Morgan fingerprint density at radius 2 is 1.69 bits per heavy atom. The third-order valence-electron chi connectivity index (χ3n) is 7.01. The van der Waals surface area contributed by atoms with Crippen LogP contribution in [0, 0.1) is 6.92 Å². The molecule has 0 radical (unpaired) electrons. The molecule has 2 aromatic carbocycles. The number of rotatable bonds is 6. The van der Waals surface area contributed by atoms with Gasteiger partial charge in [0.1, 0.15) is 6.61 Å². The summed E-state index contributed by atoms with van der Waals surface area (Å²) < 4.78 is 7.18. The lowest BCUT2D eigenvalue weighted by Gasteiger charge is -2.38. The van der Waals surface area contributed by atoms with Crippen LogP contribution in [0.25, 0.3) is 10.8 Å². The molecule has 0 amide bonds. The molecule has 2 aliphatic heterocycles. The minimum atomic E-state index is 0. The number of nitrogens with zero attached hydrogens (tertiary/aromatic N) is 4. The van der Waals surface area contributed by atoms with E-state index in [-0.39, 0.29) is 13.0 Å². The number of aromatic nitrogens is 1. The smallest absolute Gasteiger partial charge is 0.258 e. The SMILES string of the molecule is C.C=C1OCCN1CCCn1ccc2cc(N3CCN(c4ccccc4C)CC3)c(N)cc2c1=O. The highest BCUT2D eigenvalue weighted by molar-refractivity contribution is 5.91. The molecule has 7 nitrogen and oxygen atoms in total. The minimum absolute atomic E-state index is 0. The summed E-state index contributed by atoms with van der Waals surface area (Å²) >= 11 is 0. The fourth-order valence-electron chi connectivity index (χ4n) is 5.05. The Balaban J connectivity index is 0.00000289. The molecule has 2 saturated heterocycles. The molecule has 0 bridgehead atoms. The Hall–Kier alpha value is -3.61. The van der Waals surface area contributed by atoms with E-state index in [1.807, 2.05) is 18.3 Å². The lowest BCUT2D eigenvalue weighted by Crippen LogP contribution is -2.47. The van der Waals surface area contributed by atoms with Gasteiger partial charge in [-0.05, 0) is 55.1 Å². The van der Waals surface area contributed by atoms with Gasteiger partial charge in [0.15, 0.2) is 5.88 Å². The number of para-hydroxylation sites is 1. The predicted molar refractivity (Wildman–Crippen MR) is 146 cm³/mol. The van der Waals surface area contributed by atoms with Gasteiger partial charge in [-0.15, -0.1) is 0 Å². The number of fused-ring (bicyclic) bond motifs is 1. The second kappa shape index (κ2) is 10.3. The van der Waals surface area contributed by atoms with Crippen molar-refractivity contribution in [2.75, 3.05) is 61.4 Å². The zero-order valence-corrected chi connectivity index (χ0v) is 19.9. The van der Waals surface area contributed by atoms with Crippen molar-refractivity contribution < 1.29 is 4.74 Å². The summed E-state index contributed by atoms with van der Waals surface area (Å²) in [7, 11) is 0. The molecule has 5 rings (SSSR count). The van der Waals surface area contributed by atoms with Crippen LogP contribution in [0.15, 0.2) is 65.9 Å². The van der Waals surface area contributed by atoms with Crippen LogP contribution in [0.4, 0.5) is 17.1 Å². The van der Waals surface area contributed by atoms with E-state index in [0.29, 0.717) is 24.2 Å². The Bertz CT molecular complexity index is 1260. The minimum Gasteiger partial charge on any atom is -0.478 e. The van der Waals surface area contributed by atoms with Crippen LogP contribution in [0.5, 0.6) is 0 Å². The van der Waals surface area contributed by atoms with Crippen LogP contribution in [0.3, 0.4) is 0 Å². The summed E-state index contributed by atoms with van der Waals surface area (Å²) in [6, 6.07) is 14.5. The van der Waals surface area contributed by atoms with E-state index in [2.05, 4.69) is 58.5 Å². The molecule has 2 N–H and O–H groups in total. The van der Waals surface area contributed by atoms with Gasteiger partial charge < -0.3 is 29.7 Å². The van der Waals surface area contributed by atoms with Crippen molar-refractivity contribution >= 4 is 27.8 Å². The molecule has 0 aliphatic carbocycles. The van der Waals surface area contributed by atoms with E-state index in [4.69, 9.17) is 10.5 Å². The Kier molecular flexibility index (Phi) is 7.24. The maximum atomic E-state index is 13.1. The van der Waals surface area contributed by atoms with Crippen LogP contribution < -0.4 is 21.1 Å².